The second-order valence-corrected chi connectivity index (χ2v) is 14.0. The second kappa shape index (κ2) is 17.1. The second-order valence-electron chi connectivity index (χ2n) is 11.2. The first-order chi connectivity index (χ1) is 19.3. The number of aryl methyl sites for hydroxylation is 6. The van der Waals surface area contributed by atoms with Crippen LogP contribution in [-0.2, 0) is 43.1 Å². The molecule has 2 aromatic rings. The van der Waals surface area contributed by atoms with E-state index in [0.717, 1.165) is 54.4 Å². The van der Waals surface area contributed by atoms with Gasteiger partial charge in [-0.25, -0.2) is 0 Å². The molecule has 0 aliphatic rings. The predicted octanol–water partition coefficient (Wildman–Crippen LogP) is 10.5. The maximum atomic E-state index is 15.1. The van der Waals surface area contributed by atoms with Crippen LogP contribution >= 0.6 is 7.14 Å². The third-order valence-electron chi connectivity index (χ3n) is 8.47. The summed E-state index contributed by atoms with van der Waals surface area (Å²) >= 11 is 0. The van der Waals surface area contributed by atoms with Crippen molar-refractivity contribution in [3.05, 3.63) is 68.8 Å². The van der Waals surface area contributed by atoms with Crippen LogP contribution in [0.4, 0.5) is 0 Å². The summed E-state index contributed by atoms with van der Waals surface area (Å²) in [5.74, 6) is 0. The Labute approximate surface area is 245 Å². The molecule has 0 amide bonds. The van der Waals surface area contributed by atoms with Gasteiger partial charge in [0, 0.05) is 17.3 Å². The molecule has 0 bridgehead atoms. The van der Waals surface area contributed by atoms with Crippen LogP contribution < -0.4 is 0 Å². The van der Waals surface area contributed by atoms with Crippen molar-refractivity contribution in [3.63, 3.8) is 0 Å². The molecular weight excluding hydrogens is 511 g/mol. The molecule has 0 aliphatic heterocycles. The molecule has 0 aliphatic carbocycles. The lowest BCUT2D eigenvalue weighted by Gasteiger charge is -2.23. The molecule has 222 valence electrons. The highest BCUT2D eigenvalue weighted by Gasteiger charge is 2.43. The van der Waals surface area contributed by atoms with Gasteiger partial charge < -0.3 is 4.57 Å². The molecule has 0 fully saturated rings. The summed E-state index contributed by atoms with van der Waals surface area (Å²) in [7, 11) is -3.90. The Balaban J connectivity index is 2.58. The van der Waals surface area contributed by atoms with Crippen molar-refractivity contribution in [1.29, 1.82) is 0 Å². The minimum absolute atomic E-state index is 0.170. The SMILES string of the molecule is CCCCCCCCCCP(=O)(C(=O)c1c(CC)cc(CC)cc1CC)C(=O)c1c(CC)cc(CC)cc1CC. The van der Waals surface area contributed by atoms with Gasteiger partial charge in [-0.2, -0.15) is 0 Å². The van der Waals surface area contributed by atoms with Gasteiger partial charge in [0.2, 0.25) is 18.2 Å². The van der Waals surface area contributed by atoms with Crippen molar-refractivity contribution in [2.24, 2.45) is 0 Å². The van der Waals surface area contributed by atoms with E-state index in [1.807, 2.05) is 27.7 Å². The van der Waals surface area contributed by atoms with Gasteiger partial charge in [-0.15, -0.1) is 0 Å². The standard InChI is InChI=1S/C36H55O3P/c1-8-15-16-17-18-19-20-21-22-40(39,35(37)33-29(11-4)23-27(9-2)24-30(33)12-5)36(38)34-31(13-6)25-28(10-3)26-32(34)14-7/h23-26H,8-22H2,1-7H3. The molecule has 2 rings (SSSR count). The summed E-state index contributed by atoms with van der Waals surface area (Å²) in [6.07, 6.45) is 13.4. The van der Waals surface area contributed by atoms with Gasteiger partial charge in [-0.1, -0.05) is 118 Å². The Kier molecular flexibility index (Phi) is 14.6. The molecule has 0 saturated carbocycles. The topological polar surface area (TPSA) is 51.2 Å². The molecule has 0 saturated heterocycles. The van der Waals surface area contributed by atoms with Crippen LogP contribution in [0.1, 0.15) is 154 Å². The summed E-state index contributed by atoms with van der Waals surface area (Å²) in [6, 6.07) is 8.34. The van der Waals surface area contributed by atoms with E-state index in [1.54, 1.807) is 0 Å². The molecule has 0 spiro atoms. The summed E-state index contributed by atoms with van der Waals surface area (Å²) in [4.78, 5) is 29.0. The van der Waals surface area contributed by atoms with Gasteiger partial charge in [0.1, 0.15) is 0 Å². The van der Waals surface area contributed by atoms with Crippen LogP contribution in [0, 0.1) is 0 Å². The van der Waals surface area contributed by atoms with Crippen LogP contribution in [0.5, 0.6) is 0 Å². The molecule has 0 aromatic heterocycles. The fraction of sp³-hybridized carbons (Fsp3) is 0.611. The van der Waals surface area contributed by atoms with Gasteiger partial charge in [0.05, 0.1) is 0 Å². The monoisotopic (exact) mass is 566 g/mol. The van der Waals surface area contributed by atoms with Gasteiger partial charge in [0.15, 0.2) is 0 Å². The van der Waals surface area contributed by atoms with Crippen molar-refractivity contribution in [2.75, 3.05) is 6.16 Å². The van der Waals surface area contributed by atoms with E-state index in [4.69, 9.17) is 0 Å². The van der Waals surface area contributed by atoms with Gasteiger partial charge in [-0.05, 0) is 78.3 Å². The number of hydrogen-bond donors (Lipinski definition) is 0. The molecule has 0 heterocycles. The van der Waals surface area contributed by atoms with E-state index in [2.05, 4.69) is 45.0 Å². The van der Waals surface area contributed by atoms with E-state index >= 15 is 4.57 Å². The highest BCUT2D eigenvalue weighted by atomic mass is 31.2. The number of unbranched alkanes of at least 4 members (excludes halogenated alkanes) is 7. The number of carbonyl (C=O) groups excluding carboxylic acids is 2. The van der Waals surface area contributed by atoms with Gasteiger partial charge in [-0.3, -0.25) is 9.59 Å². The lowest BCUT2D eigenvalue weighted by Crippen LogP contribution is -2.19. The first-order valence-electron chi connectivity index (χ1n) is 16.2. The molecule has 0 atom stereocenters. The first-order valence-corrected chi connectivity index (χ1v) is 18.1. The van der Waals surface area contributed by atoms with Crippen molar-refractivity contribution in [2.45, 2.75) is 138 Å². The van der Waals surface area contributed by atoms with E-state index in [9.17, 15) is 9.59 Å². The summed E-state index contributed by atoms with van der Waals surface area (Å²) < 4.78 is 15.1. The smallest absolute Gasteiger partial charge is 0.229 e. The zero-order valence-corrected chi connectivity index (χ0v) is 27.5. The molecule has 0 unspecified atom stereocenters. The van der Waals surface area contributed by atoms with Crippen LogP contribution in [0.2, 0.25) is 0 Å². The third-order valence-corrected chi connectivity index (χ3v) is 11.2. The number of hydrogen-bond acceptors (Lipinski definition) is 3. The molecule has 40 heavy (non-hydrogen) atoms. The predicted molar refractivity (Wildman–Crippen MR) is 173 cm³/mol. The fourth-order valence-corrected chi connectivity index (χ4v) is 8.43. The lowest BCUT2D eigenvalue weighted by molar-refractivity contribution is 0.103. The Morgan fingerprint density at radius 1 is 0.500 bits per heavy atom. The van der Waals surface area contributed by atoms with Gasteiger partial charge >= 0.3 is 0 Å². The summed E-state index contributed by atoms with van der Waals surface area (Å²) in [6.45, 7) is 14.6. The van der Waals surface area contributed by atoms with Crippen molar-refractivity contribution >= 4 is 18.2 Å². The fourth-order valence-electron chi connectivity index (χ4n) is 5.88. The molecule has 3 nitrogen and oxygen atoms in total. The Bertz CT molecular complexity index is 1050. The molecule has 2 aromatic carbocycles. The maximum Gasteiger partial charge on any atom is 0.229 e. The van der Waals surface area contributed by atoms with Crippen molar-refractivity contribution in [3.8, 4) is 0 Å². The zero-order chi connectivity index (χ0) is 29.7. The van der Waals surface area contributed by atoms with Crippen LogP contribution in [0.3, 0.4) is 0 Å². The number of benzene rings is 2. The average Bonchev–Trinajstić information content (AvgIpc) is 2.99. The Morgan fingerprint density at radius 2 is 0.825 bits per heavy atom. The molecule has 0 N–H and O–H groups in total. The van der Waals surface area contributed by atoms with E-state index in [-0.39, 0.29) is 6.16 Å². The Hall–Kier alpha value is -1.99. The normalized spacial score (nSPS) is 11.7. The highest BCUT2D eigenvalue weighted by molar-refractivity contribution is 7.95. The van der Waals surface area contributed by atoms with Crippen LogP contribution in [-0.4, -0.2) is 17.2 Å². The molecule has 4 heteroatoms. The zero-order valence-electron chi connectivity index (χ0n) is 26.6. The Morgan fingerprint density at radius 3 is 1.12 bits per heavy atom. The molecular formula is C36H55O3P. The highest BCUT2D eigenvalue weighted by Crippen LogP contribution is 2.54. The quantitative estimate of drug-likeness (QED) is 0.125. The minimum Gasteiger partial charge on any atom is -0.307 e. The minimum atomic E-state index is -3.90. The van der Waals surface area contributed by atoms with E-state index in [1.165, 1.54) is 36.8 Å². The van der Waals surface area contributed by atoms with E-state index in [0.29, 0.717) is 43.2 Å². The number of rotatable bonds is 19. The van der Waals surface area contributed by atoms with Crippen LogP contribution in [0.25, 0.3) is 0 Å². The maximum absolute atomic E-state index is 15.1. The van der Waals surface area contributed by atoms with Crippen molar-refractivity contribution < 1.29 is 14.2 Å². The van der Waals surface area contributed by atoms with E-state index < -0.39 is 18.2 Å². The average molecular weight is 567 g/mol. The van der Waals surface area contributed by atoms with Crippen molar-refractivity contribution in [1.82, 2.24) is 0 Å². The summed E-state index contributed by atoms with van der Waals surface area (Å²) in [5.41, 5.74) is 6.39. The third kappa shape index (κ3) is 8.28. The van der Waals surface area contributed by atoms with Gasteiger partial charge in [0.25, 0.3) is 0 Å². The molecule has 0 radical (unpaired) electrons. The largest absolute Gasteiger partial charge is 0.307 e. The number of carbonyl (C=O) groups is 2. The lowest BCUT2D eigenvalue weighted by atomic mass is 9.94. The van der Waals surface area contributed by atoms with Crippen LogP contribution in [0.15, 0.2) is 24.3 Å². The summed E-state index contributed by atoms with van der Waals surface area (Å²) in [5, 5.41) is 0. The first kappa shape index (κ1) is 34.2.